The Labute approximate surface area is 172 Å². The summed E-state index contributed by atoms with van der Waals surface area (Å²) in [5.41, 5.74) is 0.0577. The van der Waals surface area contributed by atoms with Crippen molar-refractivity contribution in [1.82, 2.24) is 9.97 Å². The lowest BCUT2D eigenvalue weighted by Gasteiger charge is -2.31. The van der Waals surface area contributed by atoms with Gasteiger partial charge in [-0.25, -0.2) is 4.98 Å². The van der Waals surface area contributed by atoms with Gasteiger partial charge >= 0.3 is 5.97 Å². The van der Waals surface area contributed by atoms with Crippen molar-refractivity contribution >= 4 is 44.3 Å². The summed E-state index contributed by atoms with van der Waals surface area (Å²) < 4.78 is 6.41. The molecule has 0 fully saturated rings. The average molecular weight is 448 g/mol. The molecule has 0 aliphatic carbocycles. The standard InChI is InChI=1S/C21H20BrClN2O2/c1-3-10-21(20(26)27-4-2,17-7-5-6-11-24-17)19-16-13-15(22)9-8-14(16)12-18(23)25-19/h5-9,11-13H,3-4,10H2,1-2H3. The molecule has 0 amide bonds. The Morgan fingerprint density at radius 3 is 2.70 bits per heavy atom. The Balaban J connectivity index is 2.42. The maximum Gasteiger partial charge on any atom is 0.324 e. The Morgan fingerprint density at radius 2 is 2.04 bits per heavy atom. The number of rotatable bonds is 6. The molecule has 1 aromatic carbocycles. The van der Waals surface area contributed by atoms with Crippen LogP contribution in [0.2, 0.25) is 5.15 Å². The van der Waals surface area contributed by atoms with Crippen molar-refractivity contribution in [3.05, 3.63) is 69.7 Å². The molecule has 0 saturated heterocycles. The second-order valence-electron chi connectivity index (χ2n) is 6.25. The van der Waals surface area contributed by atoms with E-state index in [4.69, 9.17) is 16.3 Å². The van der Waals surface area contributed by atoms with Crippen LogP contribution in [0, 0.1) is 0 Å². The number of pyridine rings is 2. The van der Waals surface area contributed by atoms with Crippen molar-refractivity contribution < 1.29 is 9.53 Å². The number of carbonyl (C=O) groups excluding carboxylic acids is 1. The molecule has 0 radical (unpaired) electrons. The summed E-state index contributed by atoms with van der Waals surface area (Å²) in [6, 6.07) is 13.2. The summed E-state index contributed by atoms with van der Waals surface area (Å²) in [4.78, 5) is 22.5. The van der Waals surface area contributed by atoms with Gasteiger partial charge in [-0.1, -0.05) is 53.0 Å². The molecule has 140 valence electrons. The highest BCUT2D eigenvalue weighted by Gasteiger charge is 2.46. The zero-order valence-electron chi connectivity index (χ0n) is 15.2. The van der Waals surface area contributed by atoms with E-state index >= 15 is 0 Å². The summed E-state index contributed by atoms with van der Waals surface area (Å²) in [6.07, 6.45) is 2.94. The average Bonchev–Trinajstić information content (AvgIpc) is 2.67. The van der Waals surface area contributed by atoms with Gasteiger partial charge in [-0.15, -0.1) is 0 Å². The first-order valence-electron chi connectivity index (χ1n) is 8.88. The van der Waals surface area contributed by atoms with Gasteiger partial charge in [0.2, 0.25) is 0 Å². The molecule has 0 bridgehead atoms. The first-order valence-corrected chi connectivity index (χ1v) is 10.0. The van der Waals surface area contributed by atoms with Gasteiger partial charge in [0, 0.05) is 16.1 Å². The van der Waals surface area contributed by atoms with Crippen molar-refractivity contribution in [2.45, 2.75) is 32.1 Å². The van der Waals surface area contributed by atoms with E-state index in [1.54, 1.807) is 19.2 Å². The van der Waals surface area contributed by atoms with Crippen LogP contribution in [0.15, 0.2) is 53.1 Å². The lowest BCUT2D eigenvalue weighted by atomic mass is 9.75. The van der Waals surface area contributed by atoms with E-state index in [0.717, 1.165) is 21.7 Å². The Morgan fingerprint density at radius 1 is 1.22 bits per heavy atom. The molecule has 3 rings (SSSR count). The van der Waals surface area contributed by atoms with Crippen molar-refractivity contribution in [1.29, 1.82) is 0 Å². The number of ether oxygens (including phenoxy) is 1. The lowest BCUT2D eigenvalue weighted by molar-refractivity contribution is -0.149. The van der Waals surface area contributed by atoms with Gasteiger partial charge in [-0.05, 0) is 49.1 Å². The van der Waals surface area contributed by atoms with Crippen LogP contribution in [0.25, 0.3) is 10.8 Å². The molecule has 0 saturated carbocycles. The highest BCUT2D eigenvalue weighted by Crippen LogP contribution is 2.41. The fourth-order valence-corrected chi connectivity index (χ4v) is 3.99. The van der Waals surface area contributed by atoms with Crippen molar-refractivity contribution in [2.24, 2.45) is 0 Å². The van der Waals surface area contributed by atoms with Gasteiger partial charge in [0.15, 0.2) is 5.41 Å². The van der Waals surface area contributed by atoms with Crippen molar-refractivity contribution in [2.75, 3.05) is 6.61 Å². The van der Waals surface area contributed by atoms with Crippen LogP contribution in [-0.4, -0.2) is 22.5 Å². The highest BCUT2D eigenvalue weighted by molar-refractivity contribution is 9.10. The van der Waals surface area contributed by atoms with E-state index in [1.807, 2.05) is 43.3 Å². The molecule has 0 spiro atoms. The summed E-state index contributed by atoms with van der Waals surface area (Å²) >= 11 is 9.87. The quantitative estimate of drug-likeness (QED) is 0.359. The molecule has 2 aromatic heterocycles. The molecule has 27 heavy (non-hydrogen) atoms. The minimum atomic E-state index is -1.13. The molecule has 1 unspecified atom stereocenters. The topological polar surface area (TPSA) is 52.1 Å². The molecular formula is C21H20BrClN2O2. The van der Waals surface area contributed by atoms with Gasteiger partial charge in [0.05, 0.1) is 18.0 Å². The van der Waals surface area contributed by atoms with Crippen LogP contribution in [0.3, 0.4) is 0 Å². The molecule has 4 nitrogen and oxygen atoms in total. The van der Waals surface area contributed by atoms with Crippen LogP contribution in [0.5, 0.6) is 0 Å². The number of esters is 1. The van der Waals surface area contributed by atoms with E-state index in [9.17, 15) is 4.79 Å². The minimum absolute atomic E-state index is 0.277. The molecule has 3 aromatic rings. The van der Waals surface area contributed by atoms with E-state index < -0.39 is 5.41 Å². The van der Waals surface area contributed by atoms with Crippen LogP contribution < -0.4 is 0 Å². The molecular weight excluding hydrogens is 428 g/mol. The number of carbonyl (C=O) groups is 1. The Bertz CT molecular complexity index is 965. The number of benzene rings is 1. The molecule has 0 aliphatic heterocycles. The molecule has 0 N–H and O–H groups in total. The van der Waals surface area contributed by atoms with Crippen LogP contribution in [0.1, 0.15) is 38.1 Å². The summed E-state index contributed by atoms with van der Waals surface area (Å²) in [5.74, 6) is -0.360. The van der Waals surface area contributed by atoms with Gasteiger partial charge in [-0.3, -0.25) is 9.78 Å². The fraction of sp³-hybridized carbons (Fsp3) is 0.286. The van der Waals surface area contributed by atoms with Crippen LogP contribution in [0.4, 0.5) is 0 Å². The Hall–Kier alpha value is -1.98. The minimum Gasteiger partial charge on any atom is -0.465 e. The predicted molar refractivity (Wildman–Crippen MR) is 111 cm³/mol. The SMILES string of the molecule is CCCC(C(=O)OCC)(c1ccccn1)c1nc(Cl)cc2ccc(Br)cc12. The summed E-state index contributed by atoms with van der Waals surface area (Å²) in [7, 11) is 0. The molecule has 1 atom stereocenters. The maximum atomic E-state index is 13.3. The monoisotopic (exact) mass is 446 g/mol. The number of aromatic nitrogens is 2. The third kappa shape index (κ3) is 3.71. The van der Waals surface area contributed by atoms with Crippen molar-refractivity contribution in [3.8, 4) is 0 Å². The van der Waals surface area contributed by atoms with E-state index in [-0.39, 0.29) is 12.6 Å². The number of halogens is 2. The number of hydrogen-bond acceptors (Lipinski definition) is 4. The van der Waals surface area contributed by atoms with Gasteiger partial charge in [0.25, 0.3) is 0 Å². The first kappa shape index (κ1) is 19.8. The molecule has 2 heterocycles. The van der Waals surface area contributed by atoms with Gasteiger partial charge in [0.1, 0.15) is 5.15 Å². The number of nitrogens with zero attached hydrogens (tertiary/aromatic N) is 2. The number of hydrogen-bond donors (Lipinski definition) is 0. The second kappa shape index (κ2) is 8.36. The van der Waals surface area contributed by atoms with Gasteiger partial charge in [-0.2, -0.15) is 0 Å². The summed E-state index contributed by atoms with van der Waals surface area (Å²) in [5, 5.41) is 2.09. The largest absolute Gasteiger partial charge is 0.465 e. The maximum absolute atomic E-state index is 13.3. The van der Waals surface area contributed by atoms with Gasteiger partial charge < -0.3 is 4.74 Å². The van der Waals surface area contributed by atoms with E-state index in [1.165, 1.54) is 0 Å². The zero-order valence-corrected chi connectivity index (χ0v) is 17.5. The predicted octanol–water partition coefficient (Wildman–Crippen LogP) is 5.70. The molecule has 0 aliphatic rings. The highest BCUT2D eigenvalue weighted by atomic mass is 79.9. The summed E-state index contributed by atoms with van der Waals surface area (Å²) in [6.45, 7) is 4.10. The smallest absolute Gasteiger partial charge is 0.324 e. The molecule has 6 heteroatoms. The lowest BCUT2D eigenvalue weighted by Crippen LogP contribution is -2.40. The normalized spacial score (nSPS) is 13.3. The third-order valence-corrected chi connectivity index (χ3v) is 5.21. The van der Waals surface area contributed by atoms with Crippen molar-refractivity contribution in [3.63, 3.8) is 0 Å². The van der Waals surface area contributed by atoms with E-state index in [2.05, 4.69) is 25.9 Å². The van der Waals surface area contributed by atoms with E-state index in [0.29, 0.717) is 23.0 Å². The third-order valence-electron chi connectivity index (χ3n) is 4.52. The fourth-order valence-electron chi connectivity index (χ4n) is 3.43. The Kier molecular flexibility index (Phi) is 6.12. The van der Waals surface area contributed by atoms with Crippen LogP contribution >= 0.6 is 27.5 Å². The zero-order chi connectivity index (χ0) is 19.4. The number of fused-ring (bicyclic) bond motifs is 1. The first-order chi connectivity index (χ1) is 13.0. The second-order valence-corrected chi connectivity index (χ2v) is 7.55. The van der Waals surface area contributed by atoms with Crippen LogP contribution in [-0.2, 0) is 14.9 Å².